The van der Waals surface area contributed by atoms with Crippen LogP contribution in [-0.4, -0.2) is 17.2 Å². The van der Waals surface area contributed by atoms with E-state index in [4.69, 9.17) is 0 Å². The molecule has 0 radical (unpaired) electrons. The lowest BCUT2D eigenvalue weighted by molar-refractivity contribution is 1.17. The molecule has 272 valence electrons. The number of hydrogen-bond acceptors (Lipinski definition) is 0. The van der Waals surface area contributed by atoms with Crippen LogP contribution in [0, 0.1) is 0 Å². The number of fused-ring (bicyclic) bond motifs is 9. The van der Waals surface area contributed by atoms with E-state index in [2.05, 4.69) is 228 Å². The topological polar surface area (TPSA) is 9.86 Å². The maximum absolute atomic E-state index is 2.94. The number of nitrogens with zero attached hydrogens (tertiary/aromatic N) is 2. The van der Waals surface area contributed by atoms with Gasteiger partial charge < -0.3 is 9.13 Å². The van der Waals surface area contributed by atoms with Crippen molar-refractivity contribution < 1.29 is 0 Å². The van der Waals surface area contributed by atoms with Crippen LogP contribution in [0.3, 0.4) is 0 Å². The van der Waals surface area contributed by atoms with Gasteiger partial charge in [-0.15, -0.1) is 0 Å². The summed E-state index contributed by atoms with van der Waals surface area (Å²) in [6.45, 7) is 0. The number of hydrogen-bond donors (Lipinski definition) is 0. The summed E-state index contributed by atoms with van der Waals surface area (Å²) < 4.78 is 4.97. The largest absolute Gasteiger partial charge is 0.309 e. The lowest BCUT2D eigenvalue weighted by Crippen LogP contribution is -2.75. The average Bonchev–Trinajstić information content (AvgIpc) is 3.94. The minimum absolute atomic E-state index is 0.862. The van der Waals surface area contributed by atoms with E-state index in [1.807, 2.05) is 0 Å². The molecule has 0 atom stereocenters. The minimum atomic E-state index is -2.94. The quantitative estimate of drug-likeness (QED) is 0.118. The molecule has 0 fully saturated rings. The van der Waals surface area contributed by atoms with Gasteiger partial charge in [-0.05, 0) is 104 Å². The summed E-state index contributed by atoms with van der Waals surface area (Å²) in [5.74, 6) is 0. The molecule has 9 aromatic carbocycles. The molecule has 0 unspecified atom stereocenters. The third kappa shape index (κ3) is 4.71. The van der Waals surface area contributed by atoms with Gasteiger partial charge in [0.2, 0.25) is 0 Å². The molecule has 11 aromatic rings. The molecule has 1 aliphatic carbocycles. The second-order valence-corrected chi connectivity index (χ2v) is 19.4. The van der Waals surface area contributed by atoms with Gasteiger partial charge in [-0.1, -0.05) is 164 Å². The maximum Gasteiger partial charge on any atom is 0.180 e. The Kier molecular flexibility index (Phi) is 7.35. The van der Waals surface area contributed by atoms with Gasteiger partial charge in [0, 0.05) is 32.9 Å². The Labute approximate surface area is 338 Å². The summed E-state index contributed by atoms with van der Waals surface area (Å²) in [5, 5.41) is 10.7. The van der Waals surface area contributed by atoms with Gasteiger partial charge in [-0.25, -0.2) is 0 Å². The Bertz CT molecular complexity index is 3190. The Morgan fingerprint density at radius 1 is 0.328 bits per heavy atom. The van der Waals surface area contributed by atoms with Crippen LogP contribution in [0.15, 0.2) is 218 Å². The lowest BCUT2D eigenvalue weighted by atomic mass is 10.0. The summed E-state index contributed by atoms with van der Waals surface area (Å²) in [6, 6.07) is 81.8. The zero-order valence-corrected chi connectivity index (χ0v) is 32.9. The van der Waals surface area contributed by atoms with Gasteiger partial charge in [0.15, 0.2) is 8.07 Å². The van der Waals surface area contributed by atoms with E-state index in [1.54, 1.807) is 0 Å². The molecule has 0 spiro atoms. The van der Waals surface area contributed by atoms with Gasteiger partial charge in [-0.3, -0.25) is 0 Å². The zero-order valence-electron chi connectivity index (χ0n) is 31.9. The molecule has 58 heavy (non-hydrogen) atoms. The molecule has 0 bridgehead atoms. The molecular formula is C55H38N2Si. The number of aromatic nitrogens is 2. The Balaban J connectivity index is 1.24. The Morgan fingerprint density at radius 3 is 1.28 bits per heavy atom. The van der Waals surface area contributed by atoms with Crippen LogP contribution in [0.4, 0.5) is 0 Å². The molecule has 2 nitrogen and oxygen atoms in total. The number of para-hydroxylation sites is 4. The predicted octanol–water partition coefficient (Wildman–Crippen LogP) is 10.8. The van der Waals surface area contributed by atoms with Crippen LogP contribution < -0.4 is 20.7 Å². The highest BCUT2D eigenvalue weighted by molar-refractivity contribution is 7.20. The number of benzene rings is 9. The van der Waals surface area contributed by atoms with Crippen molar-refractivity contribution in [3.63, 3.8) is 0 Å². The molecule has 0 N–H and O–H groups in total. The molecule has 0 saturated carbocycles. The van der Waals surface area contributed by atoms with E-state index in [0.29, 0.717) is 0 Å². The van der Waals surface area contributed by atoms with Crippen molar-refractivity contribution in [3.8, 4) is 22.5 Å². The Morgan fingerprint density at radius 2 is 0.759 bits per heavy atom. The van der Waals surface area contributed by atoms with Crippen molar-refractivity contribution in [1.82, 2.24) is 9.13 Å². The zero-order chi connectivity index (χ0) is 38.2. The minimum Gasteiger partial charge on any atom is -0.309 e. The SMILES string of the molecule is c1ccc(-n2c3ccccc3c3cc4c(cc32)Cc2c-4cc(-n3c4ccccc4c4ccccc43)cc2[Si](c2ccccc2)(c2ccccc2)c2ccccc2)cc1. The molecule has 3 heteroatoms. The molecule has 0 amide bonds. The normalized spacial score (nSPS) is 12.4. The maximum atomic E-state index is 2.59. The van der Waals surface area contributed by atoms with Crippen molar-refractivity contribution in [2.45, 2.75) is 6.42 Å². The van der Waals surface area contributed by atoms with E-state index in [0.717, 1.165) is 6.42 Å². The number of rotatable bonds is 6. The fourth-order valence-corrected chi connectivity index (χ4v) is 15.3. The van der Waals surface area contributed by atoms with Gasteiger partial charge in [0.1, 0.15) is 0 Å². The first kappa shape index (κ1) is 33.0. The fourth-order valence-electron chi connectivity index (χ4n) is 10.3. The summed E-state index contributed by atoms with van der Waals surface area (Å²) in [7, 11) is -2.94. The Hall–Kier alpha value is -7.20. The molecule has 12 rings (SSSR count). The monoisotopic (exact) mass is 754 g/mol. The molecule has 0 aliphatic heterocycles. The van der Waals surface area contributed by atoms with Crippen LogP contribution in [0.25, 0.3) is 66.1 Å². The van der Waals surface area contributed by atoms with Gasteiger partial charge in [-0.2, -0.15) is 0 Å². The van der Waals surface area contributed by atoms with Crippen LogP contribution in [0.1, 0.15) is 11.1 Å². The first-order valence-corrected chi connectivity index (χ1v) is 22.2. The highest BCUT2D eigenvalue weighted by atomic mass is 28.3. The standard InChI is InChI=1S/C55H38N2Si/c1-5-19-39(20-6-1)56-53-32-18-15-29-46(53)49-37-47-38(34-54(49)56)33-50-48(47)35-40(57-51-30-16-13-27-44(51)45-28-14-17-31-52(45)57)36-55(50)58(41-21-7-2-8-22-41,42-23-9-3-10-24-42)43-25-11-4-12-26-43/h1-32,34-37H,33H2. The van der Waals surface area contributed by atoms with Crippen molar-refractivity contribution in [2.24, 2.45) is 0 Å². The van der Waals surface area contributed by atoms with Crippen molar-refractivity contribution in [1.29, 1.82) is 0 Å². The van der Waals surface area contributed by atoms with E-state index in [9.17, 15) is 0 Å². The summed E-state index contributed by atoms with van der Waals surface area (Å²) in [4.78, 5) is 0. The van der Waals surface area contributed by atoms with Gasteiger partial charge in [0.05, 0.1) is 22.1 Å². The lowest BCUT2D eigenvalue weighted by Gasteiger charge is -2.36. The molecule has 2 heterocycles. The second-order valence-electron chi connectivity index (χ2n) is 15.6. The third-order valence-electron chi connectivity index (χ3n) is 12.7. The fraction of sp³-hybridized carbons (Fsp3) is 0.0182. The second kappa shape index (κ2) is 12.9. The first-order chi connectivity index (χ1) is 28.8. The predicted molar refractivity (Wildman–Crippen MR) is 247 cm³/mol. The molecular weight excluding hydrogens is 717 g/mol. The molecule has 1 aliphatic rings. The highest BCUT2D eigenvalue weighted by Gasteiger charge is 2.44. The van der Waals surface area contributed by atoms with E-state index < -0.39 is 8.07 Å². The van der Waals surface area contributed by atoms with Crippen LogP contribution in [-0.2, 0) is 6.42 Å². The molecule has 2 aromatic heterocycles. The highest BCUT2D eigenvalue weighted by Crippen LogP contribution is 2.44. The average molecular weight is 755 g/mol. The summed E-state index contributed by atoms with van der Waals surface area (Å²) in [5.41, 5.74) is 12.8. The van der Waals surface area contributed by atoms with Gasteiger partial charge >= 0.3 is 0 Å². The smallest absolute Gasteiger partial charge is 0.180 e. The summed E-state index contributed by atoms with van der Waals surface area (Å²) >= 11 is 0. The van der Waals surface area contributed by atoms with E-state index >= 15 is 0 Å². The van der Waals surface area contributed by atoms with E-state index in [1.165, 1.54) is 98.0 Å². The third-order valence-corrected chi connectivity index (χ3v) is 17.5. The van der Waals surface area contributed by atoms with Crippen LogP contribution in [0.5, 0.6) is 0 Å². The van der Waals surface area contributed by atoms with Crippen molar-refractivity contribution >= 4 is 72.4 Å². The summed E-state index contributed by atoms with van der Waals surface area (Å²) in [6.07, 6.45) is 0.862. The van der Waals surface area contributed by atoms with E-state index in [-0.39, 0.29) is 0 Å². The van der Waals surface area contributed by atoms with Crippen molar-refractivity contribution in [3.05, 3.63) is 230 Å². The van der Waals surface area contributed by atoms with Crippen LogP contribution >= 0.6 is 0 Å². The van der Waals surface area contributed by atoms with Crippen molar-refractivity contribution in [2.75, 3.05) is 0 Å². The van der Waals surface area contributed by atoms with Gasteiger partial charge in [0.25, 0.3) is 0 Å². The first-order valence-electron chi connectivity index (χ1n) is 20.2. The van der Waals surface area contributed by atoms with Crippen LogP contribution in [0.2, 0.25) is 0 Å². The molecule has 0 saturated heterocycles.